The fourth-order valence-corrected chi connectivity index (χ4v) is 3.10. The molecule has 2 heterocycles. The molecule has 0 unspecified atom stereocenters. The maximum atomic E-state index is 13.8. The molecule has 5 nitrogen and oxygen atoms in total. The van der Waals surface area contributed by atoms with Gasteiger partial charge in [-0.3, -0.25) is 0 Å². The van der Waals surface area contributed by atoms with Gasteiger partial charge in [0.25, 0.3) is 0 Å². The number of benzene rings is 1. The van der Waals surface area contributed by atoms with Crippen LogP contribution in [0.1, 0.15) is 37.4 Å². The fraction of sp³-hybridized carbons (Fsp3) is 0.474. The van der Waals surface area contributed by atoms with Gasteiger partial charge in [-0.05, 0) is 43.9 Å². The van der Waals surface area contributed by atoms with Gasteiger partial charge in [-0.1, -0.05) is 19.4 Å². The van der Waals surface area contributed by atoms with Crippen molar-refractivity contribution in [3.8, 4) is 0 Å². The summed E-state index contributed by atoms with van der Waals surface area (Å²) >= 11 is 0. The number of nitrogens with one attached hydrogen (secondary N) is 1. The topological polar surface area (TPSA) is 67.1 Å². The zero-order valence-corrected chi connectivity index (χ0v) is 14.9. The van der Waals surface area contributed by atoms with E-state index < -0.39 is 0 Å². The van der Waals surface area contributed by atoms with Gasteiger partial charge in [-0.2, -0.15) is 4.98 Å². The van der Waals surface area contributed by atoms with Crippen molar-refractivity contribution in [2.45, 2.75) is 45.6 Å². The lowest BCUT2D eigenvalue weighted by atomic mass is 10.1. The maximum absolute atomic E-state index is 13.8. The highest BCUT2D eigenvalue weighted by atomic mass is 19.1. The van der Waals surface area contributed by atoms with Crippen molar-refractivity contribution in [1.29, 1.82) is 0 Å². The highest BCUT2D eigenvalue weighted by molar-refractivity contribution is 5.56. The van der Waals surface area contributed by atoms with Crippen LogP contribution in [-0.4, -0.2) is 29.1 Å². The molecule has 3 rings (SSSR count). The molecule has 1 atom stereocenters. The van der Waals surface area contributed by atoms with Gasteiger partial charge in [0.1, 0.15) is 11.6 Å². The first-order valence-corrected chi connectivity index (χ1v) is 8.97. The number of hydrogen-bond donors (Lipinski definition) is 2. The Bertz CT molecular complexity index is 734. The van der Waals surface area contributed by atoms with E-state index in [0.717, 1.165) is 50.3 Å². The molecule has 25 heavy (non-hydrogen) atoms. The second kappa shape index (κ2) is 7.78. The van der Waals surface area contributed by atoms with Gasteiger partial charge in [0, 0.05) is 36.6 Å². The number of halogens is 1. The van der Waals surface area contributed by atoms with Crippen molar-refractivity contribution < 1.29 is 4.39 Å². The normalized spacial score (nSPS) is 17.6. The second-order valence-electron chi connectivity index (χ2n) is 6.73. The molecule has 0 aliphatic carbocycles. The number of rotatable bonds is 5. The first-order chi connectivity index (χ1) is 12.0. The van der Waals surface area contributed by atoms with Crippen LogP contribution in [0.4, 0.5) is 21.8 Å². The van der Waals surface area contributed by atoms with Crippen molar-refractivity contribution in [3.05, 3.63) is 41.3 Å². The smallest absolute Gasteiger partial charge is 0.229 e. The first-order valence-electron chi connectivity index (χ1n) is 8.97. The minimum atomic E-state index is -0.239. The minimum absolute atomic E-state index is 0.181. The van der Waals surface area contributed by atoms with Crippen molar-refractivity contribution in [2.24, 2.45) is 5.73 Å². The van der Waals surface area contributed by atoms with Gasteiger partial charge in [-0.25, -0.2) is 9.37 Å². The summed E-state index contributed by atoms with van der Waals surface area (Å²) in [6.07, 6.45) is 4.01. The third-order valence-corrected chi connectivity index (χ3v) is 4.48. The van der Waals surface area contributed by atoms with Crippen LogP contribution in [0.2, 0.25) is 0 Å². The molecule has 0 bridgehead atoms. The molecular formula is C19H26FN5. The standard InChI is InChI=1S/C19H26FN5/c1-3-5-15-11-18(25-9-4-6-14(21)12-25)24-19(22-15)23-16-8-7-13(2)17(20)10-16/h7-8,10-11,14H,3-6,9,12,21H2,1-2H3,(H,22,23,24)/t14-/m1/s1. The van der Waals surface area contributed by atoms with Crippen molar-refractivity contribution in [1.82, 2.24) is 9.97 Å². The van der Waals surface area contributed by atoms with Crippen LogP contribution in [0, 0.1) is 12.7 Å². The fourth-order valence-electron chi connectivity index (χ4n) is 3.10. The van der Waals surface area contributed by atoms with Crippen LogP contribution < -0.4 is 16.0 Å². The van der Waals surface area contributed by atoms with Crippen molar-refractivity contribution >= 4 is 17.5 Å². The second-order valence-corrected chi connectivity index (χ2v) is 6.73. The molecule has 1 aromatic heterocycles. The lowest BCUT2D eigenvalue weighted by molar-refractivity contribution is 0.503. The lowest BCUT2D eigenvalue weighted by Crippen LogP contribution is -2.43. The molecule has 1 aliphatic heterocycles. The average molecular weight is 343 g/mol. The summed E-state index contributed by atoms with van der Waals surface area (Å²) < 4.78 is 13.8. The van der Waals surface area contributed by atoms with Gasteiger partial charge < -0.3 is 16.0 Å². The largest absolute Gasteiger partial charge is 0.355 e. The van der Waals surface area contributed by atoms with Gasteiger partial charge in [0.2, 0.25) is 5.95 Å². The Morgan fingerprint density at radius 3 is 2.88 bits per heavy atom. The van der Waals surface area contributed by atoms with Gasteiger partial charge in [0.15, 0.2) is 0 Å². The molecule has 0 amide bonds. The van der Waals surface area contributed by atoms with E-state index >= 15 is 0 Å². The van der Waals surface area contributed by atoms with Crippen LogP contribution in [0.15, 0.2) is 24.3 Å². The quantitative estimate of drug-likeness (QED) is 0.869. The van der Waals surface area contributed by atoms with Crippen LogP contribution in [0.5, 0.6) is 0 Å². The predicted octanol–water partition coefficient (Wildman–Crippen LogP) is 3.55. The number of nitrogens with two attached hydrogens (primary N) is 1. The molecule has 0 spiro atoms. The number of aromatic nitrogens is 2. The van der Waals surface area contributed by atoms with Crippen LogP contribution >= 0.6 is 0 Å². The summed E-state index contributed by atoms with van der Waals surface area (Å²) in [7, 11) is 0. The van der Waals surface area contributed by atoms with Crippen molar-refractivity contribution in [2.75, 3.05) is 23.3 Å². The van der Waals surface area contributed by atoms with Crippen LogP contribution in [-0.2, 0) is 6.42 Å². The van der Waals surface area contributed by atoms with Gasteiger partial charge >= 0.3 is 0 Å². The van der Waals surface area contributed by atoms with E-state index in [-0.39, 0.29) is 11.9 Å². The SMILES string of the molecule is CCCc1cc(N2CCC[C@@H](N)C2)nc(Nc2ccc(C)c(F)c2)n1. The summed E-state index contributed by atoms with van der Waals surface area (Å²) in [5.41, 5.74) is 8.37. The minimum Gasteiger partial charge on any atom is -0.355 e. The summed E-state index contributed by atoms with van der Waals surface area (Å²) in [5, 5.41) is 3.14. The van der Waals surface area contributed by atoms with Gasteiger partial charge in [0.05, 0.1) is 0 Å². The third kappa shape index (κ3) is 4.45. The predicted molar refractivity (Wildman–Crippen MR) is 99.9 cm³/mol. The van der Waals surface area contributed by atoms with E-state index in [2.05, 4.69) is 27.1 Å². The Kier molecular flexibility index (Phi) is 5.48. The summed E-state index contributed by atoms with van der Waals surface area (Å²) in [6.45, 7) is 5.63. The number of anilines is 3. The molecule has 0 radical (unpaired) electrons. The van der Waals surface area contributed by atoms with E-state index in [9.17, 15) is 4.39 Å². The van der Waals surface area contributed by atoms with E-state index in [4.69, 9.17) is 5.73 Å². The Labute approximate surface area is 148 Å². The Morgan fingerprint density at radius 1 is 1.32 bits per heavy atom. The van der Waals surface area contributed by atoms with Crippen LogP contribution in [0.3, 0.4) is 0 Å². The third-order valence-electron chi connectivity index (χ3n) is 4.48. The zero-order chi connectivity index (χ0) is 17.8. The average Bonchev–Trinajstić information content (AvgIpc) is 2.58. The number of nitrogens with zero attached hydrogens (tertiary/aromatic N) is 3. The highest BCUT2D eigenvalue weighted by Crippen LogP contribution is 2.23. The van der Waals surface area contributed by atoms with E-state index in [1.165, 1.54) is 6.07 Å². The Hall–Kier alpha value is -2.21. The monoisotopic (exact) mass is 343 g/mol. The number of hydrogen-bond acceptors (Lipinski definition) is 5. The molecule has 0 saturated carbocycles. The highest BCUT2D eigenvalue weighted by Gasteiger charge is 2.19. The number of piperidine rings is 1. The van der Waals surface area contributed by atoms with E-state index in [1.54, 1.807) is 13.0 Å². The molecular weight excluding hydrogens is 317 g/mol. The van der Waals surface area contributed by atoms with Crippen LogP contribution in [0.25, 0.3) is 0 Å². The molecule has 2 aromatic rings. The molecule has 1 saturated heterocycles. The lowest BCUT2D eigenvalue weighted by Gasteiger charge is -2.32. The van der Waals surface area contributed by atoms with Gasteiger partial charge in [-0.15, -0.1) is 0 Å². The van der Waals surface area contributed by atoms with Crippen molar-refractivity contribution in [3.63, 3.8) is 0 Å². The molecule has 6 heteroatoms. The summed E-state index contributed by atoms with van der Waals surface area (Å²) in [5.74, 6) is 1.16. The first kappa shape index (κ1) is 17.6. The molecule has 1 aromatic carbocycles. The Balaban J connectivity index is 1.88. The number of aryl methyl sites for hydroxylation is 2. The van der Waals surface area contributed by atoms with E-state index in [1.807, 2.05) is 12.1 Å². The zero-order valence-electron chi connectivity index (χ0n) is 14.9. The maximum Gasteiger partial charge on any atom is 0.229 e. The summed E-state index contributed by atoms with van der Waals surface area (Å²) in [4.78, 5) is 11.4. The molecule has 134 valence electrons. The summed E-state index contributed by atoms with van der Waals surface area (Å²) in [6, 6.07) is 7.29. The Morgan fingerprint density at radius 2 is 2.16 bits per heavy atom. The molecule has 3 N–H and O–H groups in total. The molecule has 1 aliphatic rings. The van der Waals surface area contributed by atoms with E-state index in [0.29, 0.717) is 17.2 Å². The molecule has 1 fully saturated rings.